The van der Waals surface area contributed by atoms with Crippen molar-refractivity contribution in [3.63, 3.8) is 0 Å². The summed E-state index contributed by atoms with van der Waals surface area (Å²) in [5.41, 5.74) is 0.636. The Balaban J connectivity index is 2.46. The molecule has 16 heavy (non-hydrogen) atoms. The van der Waals surface area contributed by atoms with Crippen molar-refractivity contribution in [2.45, 2.75) is 26.3 Å². The number of aromatic nitrogens is 2. The Morgan fingerprint density at radius 1 is 1.56 bits per heavy atom. The maximum atomic E-state index is 11.3. The van der Waals surface area contributed by atoms with Gasteiger partial charge in [-0.1, -0.05) is 0 Å². The van der Waals surface area contributed by atoms with Crippen molar-refractivity contribution in [2.75, 3.05) is 6.54 Å². The van der Waals surface area contributed by atoms with Crippen LogP contribution in [0.15, 0.2) is 12.3 Å². The van der Waals surface area contributed by atoms with Gasteiger partial charge in [-0.25, -0.2) is 0 Å². The van der Waals surface area contributed by atoms with E-state index in [9.17, 15) is 9.59 Å². The van der Waals surface area contributed by atoms with Gasteiger partial charge in [-0.15, -0.1) is 0 Å². The van der Waals surface area contributed by atoms with E-state index in [1.807, 2.05) is 13.8 Å². The van der Waals surface area contributed by atoms with Crippen molar-refractivity contribution < 1.29 is 14.7 Å². The molecule has 1 heterocycles. The van der Waals surface area contributed by atoms with Gasteiger partial charge in [-0.2, -0.15) is 5.10 Å². The minimum Gasteiger partial charge on any atom is -0.480 e. The van der Waals surface area contributed by atoms with Crippen LogP contribution in [0.2, 0.25) is 0 Å². The van der Waals surface area contributed by atoms with Gasteiger partial charge >= 0.3 is 5.97 Å². The molecule has 88 valence electrons. The van der Waals surface area contributed by atoms with E-state index in [-0.39, 0.29) is 24.9 Å². The topological polar surface area (TPSA) is 84.2 Å². The molecule has 6 heteroatoms. The number of hydrogen-bond acceptors (Lipinski definition) is 3. The fourth-order valence-electron chi connectivity index (χ4n) is 1.16. The van der Waals surface area contributed by atoms with E-state index in [1.165, 1.54) is 0 Å². The first-order valence-electron chi connectivity index (χ1n) is 5.01. The molecule has 0 aliphatic heterocycles. The van der Waals surface area contributed by atoms with Gasteiger partial charge in [0.1, 0.15) is 6.54 Å². The van der Waals surface area contributed by atoms with Crippen molar-refractivity contribution in [1.29, 1.82) is 0 Å². The minimum atomic E-state index is -1.05. The third kappa shape index (κ3) is 3.72. The molecular weight excluding hydrogens is 210 g/mol. The van der Waals surface area contributed by atoms with Gasteiger partial charge < -0.3 is 10.4 Å². The number of amides is 1. The second-order valence-electron chi connectivity index (χ2n) is 3.73. The summed E-state index contributed by atoms with van der Waals surface area (Å²) in [5.74, 6) is -1.39. The Labute approximate surface area is 93.3 Å². The smallest absolute Gasteiger partial charge is 0.322 e. The highest BCUT2D eigenvalue weighted by Crippen LogP contribution is 2.04. The van der Waals surface area contributed by atoms with E-state index in [2.05, 4.69) is 10.4 Å². The molecule has 0 radical (unpaired) electrons. The minimum absolute atomic E-state index is 0.104. The highest BCUT2D eigenvalue weighted by atomic mass is 16.4. The Morgan fingerprint density at radius 2 is 2.25 bits per heavy atom. The Morgan fingerprint density at radius 3 is 2.75 bits per heavy atom. The van der Waals surface area contributed by atoms with E-state index < -0.39 is 5.97 Å². The molecule has 2 N–H and O–H groups in total. The molecular formula is C10H15N3O3. The molecule has 1 aromatic heterocycles. The molecule has 0 fully saturated rings. The summed E-state index contributed by atoms with van der Waals surface area (Å²) in [6, 6.07) is 2.00. The lowest BCUT2D eigenvalue weighted by atomic mass is 10.3. The molecule has 6 nitrogen and oxygen atoms in total. The Kier molecular flexibility index (Phi) is 4.04. The van der Waals surface area contributed by atoms with Crippen LogP contribution in [-0.4, -0.2) is 33.3 Å². The molecule has 1 rings (SSSR count). The Hall–Kier alpha value is -1.85. The molecule has 0 aliphatic rings. The van der Waals surface area contributed by atoms with Gasteiger partial charge in [-0.3, -0.25) is 14.3 Å². The lowest BCUT2D eigenvalue weighted by molar-refractivity contribution is -0.137. The first kappa shape index (κ1) is 12.2. The maximum Gasteiger partial charge on any atom is 0.322 e. The molecule has 0 bridgehead atoms. The number of carboxylic acids is 1. The third-order valence-electron chi connectivity index (χ3n) is 1.97. The monoisotopic (exact) mass is 225 g/mol. The van der Waals surface area contributed by atoms with Gasteiger partial charge in [0.25, 0.3) is 0 Å². The molecule has 0 aliphatic carbocycles. The Bertz CT molecular complexity index is 384. The van der Waals surface area contributed by atoms with E-state index in [0.717, 1.165) is 0 Å². The summed E-state index contributed by atoms with van der Waals surface area (Å²) >= 11 is 0. The predicted molar refractivity (Wildman–Crippen MR) is 57.0 cm³/mol. The van der Waals surface area contributed by atoms with Crippen molar-refractivity contribution >= 4 is 11.9 Å². The average molecular weight is 225 g/mol. The molecule has 0 saturated carbocycles. The van der Waals surface area contributed by atoms with Gasteiger partial charge in [-0.05, 0) is 19.9 Å². The van der Waals surface area contributed by atoms with Gasteiger partial charge in [0.2, 0.25) is 5.91 Å². The number of carbonyl (C=O) groups excluding carboxylic acids is 1. The zero-order valence-electron chi connectivity index (χ0n) is 9.30. The average Bonchev–Trinajstić information content (AvgIpc) is 2.63. The SMILES string of the molecule is CC(C)n1ccc(CC(=O)NCC(=O)O)n1. The number of nitrogens with zero attached hydrogens (tertiary/aromatic N) is 2. The second kappa shape index (κ2) is 5.29. The highest BCUT2D eigenvalue weighted by Gasteiger charge is 2.08. The normalized spacial score (nSPS) is 10.4. The lowest BCUT2D eigenvalue weighted by Crippen LogP contribution is -2.30. The van der Waals surface area contributed by atoms with Crippen LogP contribution >= 0.6 is 0 Å². The number of hydrogen-bond donors (Lipinski definition) is 2. The van der Waals surface area contributed by atoms with Crippen LogP contribution in [0.1, 0.15) is 25.6 Å². The van der Waals surface area contributed by atoms with Crippen LogP contribution < -0.4 is 5.32 Å². The van der Waals surface area contributed by atoms with Gasteiger partial charge in [0.05, 0.1) is 12.1 Å². The van der Waals surface area contributed by atoms with Crippen LogP contribution in [0.25, 0.3) is 0 Å². The third-order valence-corrected chi connectivity index (χ3v) is 1.97. The van der Waals surface area contributed by atoms with Crippen LogP contribution in [0.5, 0.6) is 0 Å². The van der Waals surface area contributed by atoms with Crippen molar-refractivity contribution in [2.24, 2.45) is 0 Å². The summed E-state index contributed by atoms with van der Waals surface area (Å²) in [7, 11) is 0. The maximum absolute atomic E-state index is 11.3. The van der Waals surface area contributed by atoms with E-state index in [4.69, 9.17) is 5.11 Å². The van der Waals surface area contributed by atoms with Crippen molar-refractivity contribution in [1.82, 2.24) is 15.1 Å². The van der Waals surface area contributed by atoms with Crippen LogP contribution in [0, 0.1) is 0 Å². The van der Waals surface area contributed by atoms with E-state index >= 15 is 0 Å². The zero-order chi connectivity index (χ0) is 12.1. The predicted octanol–water partition coefficient (Wildman–Crippen LogP) is 0.207. The van der Waals surface area contributed by atoms with Crippen LogP contribution in [0.3, 0.4) is 0 Å². The molecule has 0 unspecified atom stereocenters. The highest BCUT2D eigenvalue weighted by molar-refractivity contribution is 5.82. The number of carbonyl (C=O) groups is 2. The van der Waals surface area contributed by atoms with Gasteiger partial charge in [0.15, 0.2) is 0 Å². The zero-order valence-corrected chi connectivity index (χ0v) is 9.30. The number of rotatable bonds is 5. The number of carboxylic acid groups (broad SMARTS) is 1. The van der Waals surface area contributed by atoms with Crippen molar-refractivity contribution in [3.05, 3.63) is 18.0 Å². The first-order valence-corrected chi connectivity index (χ1v) is 5.01. The summed E-state index contributed by atoms with van der Waals surface area (Å²) in [5, 5.41) is 14.8. The molecule has 0 atom stereocenters. The van der Waals surface area contributed by atoms with Gasteiger partial charge in [0, 0.05) is 12.2 Å². The molecule has 0 saturated heterocycles. The van der Waals surface area contributed by atoms with Crippen LogP contribution in [-0.2, 0) is 16.0 Å². The standard InChI is InChI=1S/C10H15N3O3/c1-7(2)13-4-3-8(12-13)5-9(14)11-6-10(15)16/h3-4,7H,5-6H2,1-2H3,(H,11,14)(H,15,16). The molecule has 1 aromatic rings. The van der Waals surface area contributed by atoms with Crippen molar-refractivity contribution in [3.8, 4) is 0 Å². The number of nitrogens with one attached hydrogen (secondary N) is 1. The van der Waals surface area contributed by atoms with E-state index in [1.54, 1.807) is 16.9 Å². The molecule has 0 aromatic carbocycles. The fourth-order valence-corrected chi connectivity index (χ4v) is 1.16. The summed E-state index contributed by atoms with van der Waals surface area (Å²) in [4.78, 5) is 21.5. The molecule has 0 spiro atoms. The van der Waals surface area contributed by atoms with Crippen LogP contribution in [0.4, 0.5) is 0 Å². The fraction of sp³-hybridized carbons (Fsp3) is 0.500. The summed E-state index contributed by atoms with van der Waals surface area (Å²) in [6.45, 7) is 3.62. The lowest BCUT2D eigenvalue weighted by Gasteiger charge is -2.03. The number of aliphatic carboxylic acids is 1. The quantitative estimate of drug-likeness (QED) is 0.750. The summed E-state index contributed by atoms with van der Waals surface area (Å²) in [6.07, 6.45) is 1.90. The largest absolute Gasteiger partial charge is 0.480 e. The first-order chi connectivity index (χ1) is 7.49. The second-order valence-corrected chi connectivity index (χ2v) is 3.73. The molecule has 1 amide bonds. The van der Waals surface area contributed by atoms with E-state index in [0.29, 0.717) is 5.69 Å². The summed E-state index contributed by atoms with van der Waals surface area (Å²) < 4.78 is 1.75.